The summed E-state index contributed by atoms with van der Waals surface area (Å²) in [5.74, 6) is -0.681. The van der Waals surface area contributed by atoms with Crippen LogP contribution in [-0.4, -0.2) is 20.5 Å². The fourth-order valence-corrected chi connectivity index (χ4v) is 2.54. The van der Waals surface area contributed by atoms with Crippen molar-refractivity contribution < 1.29 is 9.18 Å². The molecule has 0 aliphatic rings. The molecule has 0 saturated heterocycles. The summed E-state index contributed by atoms with van der Waals surface area (Å²) in [6.45, 7) is 2.00. The first-order valence-corrected chi connectivity index (χ1v) is 6.79. The quantitative estimate of drug-likeness (QED) is 0.804. The van der Waals surface area contributed by atoms with Crippen molar-refractivity contribution in [2.24, 2.45) is 0 Å². The third kappa shape index (κ3) is 2.39. The lowest BCUT2D eigenvalue weighted by Crippen LogP contribution is -2.23. The van der Waals surface area contributed by atoms with E-state index in [4.69, 9.17) is 0 Å². The number of nitrogens with one attached hydrogen (secondary N) is 1. The molecule has 5 nitrogen and oxygen atoms in total. The van der Waals surface area contributed by atoms with Crippen LogP contribution in [0.2, 0.25) is 0 Å². The number of carbonyl (C=O) groups excluding carboxylic acids is 1. The summed E-state index contributed by atoms with van der Waals surface area (Å²) in [7, 11) is 0. The number of hydrogen-bond acceptors (Lipinski definition) is 4. The Hall–Kier alpha value is -2.28. The molecule has 0 unspecified atom stereocenters. The number of nitrogens with zero attached hydrogens (tertiary/aromatic N) is 3. The minimum Gasteiger partial charge on any atom is -0.346 e. The van der Waals surface area contributed by atoms with E-state index >= 15 is 0 Å². The van der Waals surface area contributed by atoms with E-state index < -0.39 is 0 Å². The van der Waals surface area contributed by atoms with Crippen molar-refractivity contribution in [3.05, 3.63) is 52.5 Å². The number of imidazole rings is 1. The van der Waals surface area contributed by atoms with Crippen LogP contribution in [0, 0.1) is 12.7 Å². The van der Waals surface area contributed by atoms with Gasteiger partial charge in [0.1, 0.15) is 16.5 Å². The number of halogens is 1. The van der Waals surface area contributed by atoms with Crippen LogP contribution >= 0.6 is 11.3 Å². The average molecular weight is 290 g/mol. The largest absolute Gasteiger partial charge is 0.346 e. The summed E-state index contributed by atoms with van der Waals surface area (Å²) in [4.78, 5) is 16.8. The SMILES string of the molecule is Cc1nn2cc(C(=O)NCc3ccccc3F)nc2s1. The molecule has 0 aliphatic heterocycles. The van der Waals surface area contributed by atoms with E-state index in [0.29, 0.717) is 10.5 Å². The summed E-state index contributed by atoms with van der Waals surface area (Å²) in [5, 5.41) is 7.71. The van der Waals surface area contributed by atoms with Crippen molar-refractivity contribution in [1.82, 2.24) is 19.9 Å². The molecule has 0 atom stereocenters. The molecule has 3 aromatic rings. The van der Waals surface area contributed by atoms with Crippen LogP contribution in [0.15, 0.2) is 30.5 Å². The number of fused-ring (bicyclic) bond motifs is 1. The zero-order valence-corrected chi connectivity index (χ0v) is 11.4. The topological polar surface area (TPSA) is 59.3 Å². The standard InChI is InChI=1S/C13H11FN4OS/c1-8-17-18-7-11(16-13(18)20-8)12(19)15-6-9-4-2-3-5-10(9)14/h2-5,7H,6H2,1H3,(H,15,19). The van der Waals surface area contributed by atoms with Gasteiger partial charge in [-0.3, -0.25) is 4.79 Å². The van der Waals surface area contributed by atoms with Gasteiger partial charge in [-0.05, 0) is 13.0 Å². The zero-order valence-electron chi connectivity index (χ0n) is 10.6. The van der Waals surface area contributed by atoms with Crippen molar-refractivity contribution in [1.29, 1.82) is 0 Å². The monoisotopic (exact) mass is 290 g/mol. The second-order valence-corrected chi connectivity index (χ2v) is 5.41. The Labute approximate surface area is 118 Å². The second-order valence-electron chi connectivity index (χ2n) is 4.25. The summed E-state index contributed by atoms with van der Waals surface area (Å²) < 4.78 is 15.0. The molecule has 0 saturated carbocycles. The summed E-state index contributed by atoms with van der Waals surface area (Å²) >= 11 is 1.41. The fourth-order valence-electron chi connectivity index (χ4n) is 1.82. The number of aryl methyl sites for hydroxylation is 1. The van der Waals surface area contributed by atoms with Gasteiger partial charge in [0.2, 0.25) is 4.96 Å². The van der Waals surface area contributed by atoms with E-state index in [-0.39, 0.29) is 24.0 Å². The normalized spacial score (nSPS) is 10.9. The van der Waals surface area contributed by atoms with E-state index in [9.17, 15) is 9.18 Å². The molecular weight excluding hydrogens is 279 g/mol. The average Bonchev–Trinajstić information content (AvgIpc) is 2.94. The van der Waals surface area contributed by atoms with Crippen LogP contribution in [-0.2, 0) is 6.54 Å². The van der Waals surface area contributed by atoms with Gasteiger partial charge in [0.05, 0.1) is 6.20 Å². The third-order valence-corrected chi connectivity index (χ3v) is 3.61. The van der Waals surface area contributed by atoms with Gasteiger partial charge in [-0.1, -0.05) is 29.5 Å². The molecule has 0 spiro atoms. The maximum Gasteiger partial charge on any atom is 0.271 e. The van der Waals surface area contributed by atoms with E-state index in [1.54, 1.807) is 28.9 Å². The minimum atomic E-state index is -0.344. The Morgan fingerprint density at radius 3 is 3.00 bits per heavy atom. The van der Waals surface area contributed by atoms with Gasteiger partial charge < -0.3 is 5.32 Å². The van der Waals surface area contributed by atoms with Crippen molar-refractivity contribution >= 4 is 22.2 Å². The van der Waals surface area contributed by atoms with E-state index in [2.05, 4.69) is 15.4 Å². The lowest BCUT2D eigenvalue weighted by Gasteiger charge is -2.04. The molecule has 2 aromatic heterocycles. The lowest BCUT2D eigenvalue weighted by atomic mass is 10.2. The predicted octanol–water partition coefficient (Wildman–Crippen LogP) is 2.17. The molecule has 7 heteroatoms. The van der Waals surface area contributed by atoms with Gasteiger partial charge in [-0.15, -0.1) is 0 Å². The fraction of sp³-hybridized carbons (Fsp3) is 0.154. The number of carbonyl (C=O) groups is 1. The van der Waals surface area contributed by atoms with Gasteiger partial charge in [-0.2, -0.15) is 5.10 Å². The number of aromatic nitrogens is 3. The Bertz CT molecular complexity index is 748. The predicted molar refractivity (Wildman–Crippen MR) is 73.2 cm³/mol. The minimum absolute atomic E-state index is 0.128. The maximum absolute atomic E-state index is 13.4. The van der Waals surface area contributed by atoms with Gasteiger partial charge in [-0.25, -0.2) is 13.9 Å². The first-order valence-electron chi connectivity index (χ1n) is 5.98. The molecule has 2 heterocycles. The van der Waals surface area contributed by atoms with Gasteiger partial charge in [0.15, 0.2) is 0 Å². The van der Waals surface area contributed by atoms with Crippen molar-refractivity contribution in [3.8, 4) is 0 Å². The van der Waals surface area contributed by atoms with Gasteiger partial charge in [0, 0.05) is 12.1 Å². The Kier molecular flexibility index (Phi) is 3.19. The highest BCUT2D eigenvalue weighted by Crippen LogP contribution is 2.13. The molecule has 102 valence electrons. The molecule has 0 bridgehead atoms. The van der Waals surface area contributed by atoms with E-state index in [0.717, 1.165) is 5.01 Å². The van der Waals surface area contributed by atoms with Crippen LogP contribution < -0.4 is 5.32 Å². The molecule has 3 rings (SSSR count). The highest BCUT2D eigenvalue weighted by atomic mass is 32.1. The lowest BCUT2D eigenvalue weighted by molar-refractivity contribution is 0.0946. The van der Waals surface area contributed by atoms with Crippen molar-refractivity contribution in [2.45, 2.75) is 13.5 Å². The first kappa shape index (κ1) is 12.7. The smallest absolute Gasteiger partial charge is 0.271 e. The van der Waals surface area contributed by atoms with E-state index in [1.807, 2.05) is 6.92 Å². The number of hydrogen-bond donors (Lipinski definition) is 1. The van der Waals surface area contributed by atoms with Crippen LogP contribution in [0.5, 0.6) is 0 Å². The molecule has 0 aliphatic carbocycles. The number of benzene rings is 1. The van der Waals surface area contributed by atoms with Gasteiger partial charge in [0.25, 0.3) is 5.91 Å². The van der Waals surface area contributed by atoms with Crippen LogP contribution in [0.1, 0.15) is 21.1 Å². The summed E-state index contributed by atoms with van der Waals surface area (Å²) in [5.41, 5.74) is 0.718. The molecular formula is C13H11FN4OS. The van der Waals surface area contributed by atoms with Crippen LogP contribution in [0.3, 0.4) is 0 Å². The summed E-state index contributed by atoms with van der Waals surface area (Å²) in [6, 6.07) is 6.33. The Morgan fingerprint density at radius 1 is 1.45 bits per heavy atom. The molecule has 0 radical (unpaired) electrons. The highest BCUT2D eigenvalue weighted by Gasteiger charge is 2.13. The molecule has 1 amide bonds. The Morgan fingerprint density at radius 2 is 2.25 bits per heavy atom. The highest BCUT2D eigenvalue weighted by molar-refractivity contribution is 7.16. The third-order valence-electron chi connectivity index (χ3n) is 2.77. The van der Waals surface area contributed by atoms with E-state index in [1.165, 1.54) is 17.4 Å². The zero-order chi connectivity index (χ0) is 14.1. The molecule has 0 fully saturated rings. The second kappa shape index (κ2) is 5.01. The molecule has 1 N–H and O–H groups in total. The van der Waals surface area contributed by atoms with Crippen molar-refractivity contribution in [3.63, 3.8) is 0 Å². The van der Waals surface area contributed by atoms with Crippen molar-refractivity contribution in [2.75, 3.05) is 0 Å². The number of rotatable bonds is 3. The first-order chi connectivity index (χ1) is 9.63. The Balaban J connectivity index is 1.73. The van der Waals surface area contributed by atoms with Crippen LogP contribution in [0.25, 0.3) is 4.96 Å². The number of amides is 1. The summed E-state index contributed by atoms with van der Waals surface area (Å²) in [6.07, 6.45) is 1.56. The molecule has 1 aromatic carbocycles. The maximum atomic E-state index is 13.4. The van der Waals surface area contributed by atoms with Crippen LogP contribution in [0.4, 0.5) is 4.39 Å². The van der Waals surface area contributed by atoms with Gasteiger partial charge >= 0.3 is 0 Å². The molecule has 20 heavy (non-hydrogen) atoms.